The highest BCUT2D eigenvalue weighted by atomic mass is 19.1. The Morgan fingerprint density at radius 2 is 1.79 bits per heavy atom. The number of hydrogen-bond acceptors (Lipinski definition) is 4. The molecule has 0 aliphatic carbocycles. The highest BCUT2D eigenvalue weighted by Gasteiger charge is 2.15. The van der Waals surface area contributed by atoms with Crippen molar-refractivity contribution in [3.8, 4) is 17.6 Å². The Balaban J connectivity index is 1.62. The molecule has 0 radical (unpaired) electrons. The van der Waals surface area contributed by atoms with E-state index in [9.17, 15) is 13.6 Å². The van der Waals surface area contributed by atoms with Crippen LogP contribution in [0.2, 0.25) is 0 Å². The van der Waals surface area contributed by atoms with Crippen molar-refractivity contribution in [1.82, 2.24) is 0 Å². The molecule has 1 amide bonds. The lowest BCUT2D eigenvalue weighted by Crippen LogP contribution is -2.32. The minimum atomic E-state index is -0.717. The second kappa shape index (κ2) is 8.85. The van der Waals surface area contributed by atoms with Gasteiger partial charge in [-0.05, 0) is 55.5 Å². The highest BCUT2D eigenvalue weighted by molar-refractivity contribution is 5.96. The average molecular weight is 393 g/mol. The first-order valence-electron chi connectivity index (χ1n) is 8.76. The van der Waals surface area contributed by atoms with Crippen LogP contribution in [0.3, 0.4) is 0 Å². The lowest BCUT2D eigenvalue weighted by molar-refractivity contribution is -0.116. The molecule has 2 N–H and O–H groups in total. The van der Waals surface area contributed by atoms with E-state index in [2.05, 4.69) is 16.7 Å². The molecule has 0 aliphatic heterocycles. The van der Waals surface area contributed by atoms with Crippen LogP contribution in [-0.4, -0.2) is 11.9 Å². The van der Waals surface area contributed by atoms with Crippen LogP contribution >= 0.6 is 0 Å². The highest BCUT2D eigenvalue weighted by Crippen LogP contribution is 2.26. The van der Waals surface area contributed by atoms with E-state index < -0.39 is 23.6 Å². The lowest BCUT2D eigenvalue weighted by atomic mass is 10.2. The largest absolute Gasteiger partial charge is 0.456 e. The normalized spacial score (nSPS) is 11.2. The average Bonchev–Trinajstić information content (AvgIpc) is 2.72. The van der Waals surface area contributed by atoms with Crippen molar-refractivity contribution in [2.45, 2.75) is 13.0 Å². The number of ether oxygens (including phenoxy) is 1. The zero-order valence-corrected chi connectivity index (χ0v) is 15.4. The van der Waals surface area contributed by atoms with Gasteiger partial charge < -0.3 is 15.4 Å². The van der Waals surface area contributed by atoms with Gasteiger partial charge in [0.05, 0.1) is 11.3 Å². The Kier molecular flexibility index (Phi) is 6.05. The number of nitrogens with one attached hydrogen (secondary N) is 2. The lowest BCUT2D eigenvalue weighted by Gasteiger charge is -2.16. The third-order valence-electron chi connectivity index (χ3n) is 4.05. The molecule has 29 heavy (non-hydrogen) atoms. The fourth-order valence-corrected chi connectivity index (χ4v) is 2.54. The summed E-state index contributed by atoms with van der Waals surface area (Å²) in [5.74, 6) is -0.905. The van der Waals surface area contributed by atoms with Crippen molar-refractivity contribution in [2.75, 3.05) is 10.6 Å². The Labute approximate surface area is 166 Å². The number of benzene rings is 3. The fraction of sp³-hybridized carbons (Fsp3) is 0.0909. The molecule has 0 aromatic heterocycles. The summed E-state index contributed by atoms with van der Waals surface area (Å²) in [6.07, 6.45) is 0. The standard InChI is InChI=1S/C22H17F2N3O2/c1-14(22(28)27-20-12-16(23)6-11-19(20)24)26-17-7-9-18(10-8-17)29-21-5-3-2-4-15(21)13-25/h2-12,14,26H,1H3,(H,27,28). The third-order valence-corrected chi connectivity index (χ3v) is 4.05. The predicted octanol–water partition coefficient (Wildman–Crippen LogP) is 5.07. The Morgan fingerprint density at radius 1 is 1.07 bits per heavy atom. The molecular formula is C22H17F2N3O2. The summed E-state index contributed by atoms with van der Waals surface area (Å²) in [7, 11) is 0. The molecule has 0 aliphatic rings. The molecule has 7 heteroatoms. The minimum absolute atomic E-state index is 0.219. The van der Waals surface area contributed by atoms with Gasteiger partial charge in [-0.25, -0.2) is 8.78 Å². The van der Waals surface area contributed by atoms with Crippen LogP contribution in [0.1, 0.15) is 12.5 Å². The first-order chi connectivity index (χ1) is 14.0. The van der Waals surface area contributed by atoms with E-state index in [0.717, 1.165) is 18.2 Å². The number of para-hydroxylation sites is 1. The zero-order valence-electron chi connectivity index (χ0n) is 15.4. The topological polar surface area (TPSA) is 74.1 Å². The molecule has 0 bridgehead atoms. The monoisotopic (exact) mass is 393 g/mol. The minimum Gasteiger partial charge on any atom is -0.456 e. The number of hydrogen-bond donors (Lipinski definition) is 2. The van der Waals surface area contributed by atoms with Crippen molar-refractivity contribution in [2.24, 2.45) is 0 Å². The van der Waals surface area contributed by atoms with Gasteiger partial charge in [0.15, 0.2) is 0 Å². The van der Waals surface area contributed by atoms with Gasteiger partial charge in [-0.2, -0.15) is 5.26 Å². The molecule has 0 fully saturated rings. The maximum absolute atomic E-state index is 13.7. The van der Waals surface area contributed by atoms with Gasteiger partial charge in [-0.1, -0.05) is 12.1 Å². The quantitative estimate of drug-likeness (QED) is 0.613. The van der Waals surface area contributed by atoms with Gasteiger partial charge >= 0.3 is 0 Å². The van der Waals surface area contributed by atoms with Crippen LogP contribution in [0.4, 0.5) is 20.2 Å². The molecule has 3 aromatic rings. The van der Waals surface area contributed by atoms with Crippen LogP contribution in [0.15, 0.2) is 66.7 Å². The molecule has 3 aromatic carbocycles. The van der Waals surface area contributed by atoms with Gasteiger partial charge in [0.2, 0.25) is 5.91 Å². The van der Waals surface area contributed by atoms with E-state index in [-0.39, 0.29) is 5.69 Å². The fourth-order valence-electron chi connectivity index (χ4n) is 2.54. The van der Waals surface area contributed by atoms with Crippen LogP contribution in [-0.2, 0) is 4.79 Å². The zero-order chi connectivity index (χ0) is 20.8. The number of amides is 1. The first kappa shape index (κ1) is 19.8. The van der Waals surface area contributed by atoms with Crippen LogP contribution < -0.4 is 15.4 Å². The number of nitriles is 1. The van der Waals surface area contributed by atoms with Crippen molar-refractivity contribution in [3.05, 3.63) is 83.9 Å². The summed E-state index contributed by atoms with van der Waals surface area (Å²) in [5, 5.41) is 14.4. The van der Waals surface area contributed by atoms with E-state index in [0.29, 0.717) is 22.7 Å². The van der Waals surface area contributed by atoms with E-state index in [4.69, 9.17) is 10.00 Å². The van der Waals surface area contributed by atoms with E-state index >= 15 is 0 Å². The summed E-state index contributed by atoms with van der Waals surface area (Å²) in [5.41, 5.74) is 0.835. The molecule has 0 saturated heterocycles. The van der Waals surface area contributed by atoms with Crippen molar-refractivity contribution in [1.29, 1.82) is 5.26 Å². The van der Waals surface area contributed by atoms with Gasteiger partial charge in [0.25, 0.3) is 0 Å². The molecule has 0 spiro atoms. The molecule has 146 valence electrons. The van der Waals surface area contributed by atoms with Gasteiger partial charge in [0, 0.05) is 11.8 Å². The van der Waals surface area contributed by atoms with Crippen LogP contribution in [0, 0.1) is 23.0 Å². The number of rotatable bonds is 6. The van der Waals surface area contributed by atoms with Gasteiger partial charge in [-0.15, -0.1) is 0 Å². The maximum Gasteiger partial charge on any atom is 0.246 e. The SMILES string of the molecule is CC(Nc1ccc(Oc2ccccc2C#N)cc1)C(=O)Nc1cc(F)ccc1F. The number of anilines is 2. The maximum atomic E-state index is 13.7. The summed E-state index contributed by atoms with van der Waals surface area (Å²) < 4.78 is 32.6. The predicted molar refractivity (Wildman–Crippen MR) is 106 cm³/mol. The smallest absolute Gasteiger partial charge is 0.246 e. The van der Waals surface area contributed by atoms with E-state index in [1.807, 2.05) is 0 Å². The number of carbonyl (C=O) groups is 1. The van der Waals surface area contributed by atoms with Gasteiger partial charge in [0.1, 0.15) is 35.2 Å². The second-order valence-corrected chi connectivity index (χ2v) is 6.21. The van der Waals surface area contributed by atoms with E-state index in [1.54, 1.807) is 55.5 Å². The third kappa shape index (κ3) is 5.08. The van der Waals surface area contributed by atoms with Crippen LogP contribution in [0.25, 0.3) is 0 Å². The molecule has 0 saturated carbocycles. The van der Waals surface area contributed by atoms with Crippen molar-refractivity contribution in [3.63, 3.8) is 0 Å². The Bertz CT molecular complexity index is 1060. The first-order valence-corrected chi connectivity index (χ1v) is 8.76. The second-order valence-electron chi connectivity index (χ2n) is 6.21. The molecule has 1 unspecified atom stereocenters. The molecule has 3 rings (SSSR count). The number of halogens is 2. The molecule has 5 nitrogen and oxygen atoms in total. The summed E-state index contributed by atoms with van der Waals surface area (Å²) in [6, 6.07) is 17.9. The summed E-state index contributed by atoms with van der Waals surface area (Å²) >= 11 is 0. The Morgan fingerprint density at radius 3 is 2.52 bits per heavy atom. The summed E-state index contributed by atoms with van der Waals surface area (Å²) in [4.78, 5) is 12.2. The number of carbonyl (C=O) groups excluding carboxylic acids is 1. The summed E-state index contributed by atoms with van der Waals surface area (Å²) in [6.45, 7) is 1.60. The molecule has 0 heterocycles. The molecule has 1 atom stereocenters. The van der Waals surface area contributed by atoms with Crippen molar-refractivity contribution >= 4 is 17.3 Å². The van der Waals surface area contributed by atoms with E-state index in [1.165, 1.54) is 0 Å². The molecular weight excluding hydrogens is 376 g/mol. The van der Waals surface area contributed by atoms with Crippen molar-refractivity contribution < 1.29 is 18.3 Å². The van der Waals surface area contributed by atoms with Gasteiger partial charge in [-0.3, -0.25) is 4.79 Å². The Hall–Kier alpha value is -3.92. The number of nitrogens with zero attached hydrogens (tertiary/aromatic N) is 1. The van der Waals surface area contributed by atoms with Crippen LogP contribution in [0.5, 0.6) is 11.5 Å².